The lowest BCUT2D eigenvalue weighted by atomic mass is 10.2. The SMILES string of the molecule is Cc1cc([N+](=O)[O-])c(F)cc1F.O=[N+]([O-])c1ccc(F)cc1F. The third-order valence-corrected chi connectivity index (χ3v) is 2.53. The maximum absolute atomic E-state index is 12.6. The highest BCUT2D eigenvalue weighted by atomic mass is 19.1. The van der Waals surface area contributed by atoms with Gasteiger partial charge < -0.3 is 0 Å². The monoisotopic (exact) mass is 332 g/mol. The lowest BCUT2D eigenvalue weighted by molar-refractivity contribution is -0.387. The Hall–Kier alpha value is -3.04. The molecule has 0 N–H and O–H groups in total. The molecule has 0 aliphatic rings. The summed E-state index contributed by atoms with van der Waals surface area (Å²) < 4.78 is 49.7. The van der Waals surface area contributed by atoms with Crippen molar-refractivity contribution in [2.45, 2.75) is 6.92 Å². The molecule has 0 atom stereocenters. The predicted octanol–water partition coefficient (Wildman–Crippen LogP) is 4.05. The number of nitrogens with zero attached hydrogens (tertiary/aromatic N) is 2. The van der Waals surface area contributed by atoms with E-state index in [1.807, 2.05) is 0 Å². The zero-order chi connectivity index (χ0) is 17.7. The van der Waals surface area contributed by atoms with Crippen molar-refractivity contribution in [1.29, 1.82) is 0 Å². The molecule has 0 aliphatic heterocycles. The summed E-state index contributed by atoms with van der Waals surface area (Å²) in [5.41, 5.74) is -1.36. The highest BCUT2D eigenvalue weighted by Crippen LogP contribution is 2.20. The molecule has 0 spiro atoms. The van der Waals surface area contributed by atoms with Crippen LogP contribution in [0, 0.1) is 50.4 Å². The summed E-state index contributed by atoms with van der Waals surface area (Å²) in [6.45, 7) is 1.34. The summed E-state index contributed by atoms with van der Waals surface area (Å²) in [6, 6.07) is 3.46. The van der Waals surface area contributed by atoms with Crippen LogP contribution in [-0.2, 0) is 0 Å². The first-order chi connectivity index (χ1) is 10.6. The molecule has 0 amide bonds. The first-order valence-electron chi connectivity index (χ1n) is 5.83. The predicted molar refractivity (Wildman–Crippen MR) is 70.8 cm³/mol. The molecule has 0 aliphatic carbocycles. The van der Waals surface area contributed by atoms with Crippen LogP contribution in [0.5, 0.6) is 0 Å². The normalized spacial score (nSPS) is 9.78. The fourth-order valence-corrected chi connectivity index (χ4v) is 1.41. The third kappa shape index (κ3) is 4.73. The second kappa shape index (κ2) is 7.29. The van der Waals surface area contributed by atoms with Crippen molar-refractivity contribution in [3.05, 3.63) is 79.4 Å². The number of hydrogen-bond acceptors (Lipinski definition) is 4. The van der Waals surface area contributed by atoms with Crippen molar-refractivity contribution in [3.8, 4) is 0 Å². The Kier molecular flexibility index (Phi) is 5.71. The molecule has 0 heterocycles. The van der Waals surface area contributed by atoms with E-state index in [-0.39, 0.29) is 5.56 Å². The quantitative estimate of drug-likeness (QED) is 0.471. The van der Waals surface area contributed by atoms with Crippen LogP contribution >= 0.6 is 0 Å². The fourth-order valence-electron chi connectivity index (χ4n) is 1.41. The van der Waals surface area contributed by atoms with Crippen molar-refractivity contribution in [2.75, 3.05) is 0 Å². The van der Waals surface area contributed by atoms with Gasteiger partial charge in [-0.1, -0.05) is 0 Å². The Morgan fingerprint density at radius 2 is 1.30 bits per heavy atom. The maximum Gasteiger partial charge on any atom is 0.305 e. The Morgan fingerprint density at radius 3 is 1.78 bits per heavy atom. The van der Waals surface area contributed by atoms with E-state index in [9.17, 15) is 37.8 Å². The van der Waals surface area contributed by atoms with Crippen LogP contribution in [0.2, 0.25) is 0 Å². The zero-order valence-electron chi connectivity index (χ0n) is 11.4. The van der Waals surface area contributed by atoms with E-state index >= 15 is 0 Å². The molecule has 2 rings (SSSR count). The van der Waals surface area contributed by atoms with E-state index in [0.29, 0.717) is 12.1 Å². The first kappa shape index (κ1) is 18.0. The van der Waals surface area contributed by atoms with Crippen LogP contribution in [0.4, 0.5) is 28.9 Å². The molecule has 0 radical (unpaired) electrons. The second-order valence-corrected chi connectivity index (χ2v) is 4.16. The minimum Gasteiger partial charge on any atom is -0.258 e. The van der Waals surface area contributed by atoms with Gasteiger partial charge in [-0.05, 0) is 18.6 Å². The van der Waals surface area contributed by atoms with Crippen LogP contribution in [-0.4, -0.2) is 9.85 Å². The molecule has 0 aromatic heterocycles. The maximum atomic E-state index is 12.6. The van der Waals surface area contributed by atoms with Gasteiger partial charge in [0.2, 0.25) is 11.6 Å². The van der Waals surface area contributed by atoms with Gasteiger partial charge in [-0.2, -0.15) is 8.78 Å². The molecule has 10 heteroatoms. The standard InChI is InChI=1S/C7H5F2NO2.C6H3F2NO2/c1-4-2-7(10(11)12)6(9)3-5(4)8;7-4-1-2-6(9(10)11)5(8)3-4/h2-3H,1H3;1-3H. The Morgan fingerprint density at radius 1 is 0.783 bits per heavy atom. The highest BCUT2D eigenvalue weighted by Gasteiger charge is 2.16. The lowest BCUT2D eigenvalue weighted by Crippen LogP contribution is -1.95. The molecule has 6 nitrogen and oxygen atoms in total. The van der Waals surface area contributed by atoms with Gasteiger partial charge in [-0.15, -0.1) is 0 Å². The van der Waals surface area contributed by atoms with Gasteiger partial charge in [0.15, 0.2) is 0 Å². The zero-order valence-corrected chi connectivity index (χ0v) is 11.4. The largest absolute Gasteiger partial charge is 0.305 e. The summed E-state index contributed by atoms with van der Waals surface area (Å²) in [4.78, 5) is 18.3. The summed E-state index contributed by atoms with van der Waals surface area (Å²) in [6.07, 6.45) is 0. The highest BCUT2D eigenvalue weighted by molar-refractivity contribution is 5.36. The van der Waals surface area contributed by atoms with E-state index in [0.717, 1.165) is 18.2 Å². The second-order valence-electron chi connectivity index (χ2n) is 4.16. The summed E-state index contributed by atoms with van der Waals surface area (Å²) in [5, 5.41) is 20.1. The van der Waals surface area contributed by atoms with Crippen molar-refractivity contribution in [2.24, 2.45) is 0 Å². The summed E-state index contributed by atoms with van der Waals surface area (Å²) in [5.74, 6) is -3.91. The van der Waals surface area contributed by atoms with Crippen molar-refractivity contribution in [1.82, 2.24) is 0 Å². The minimum absolute atomic E-state index is 0.0584. The number of hydrogen-bond donors (Lipinski definition) is 0. The number of halogens is 4. The molecule has 2 aromatic rings. The molecular weight excluding hydrogens is 324 g/mol. The number of nitro groups is 2. The van der Waals surface area contributed by atoms with E-state index < -0.39 is 44.5 Å². The van der Waals surface area contributed by atoms with Crippen LogP contribution in [0.3, 0.4) is 0 Å². The number of benzene rings is 2. The Labute approximate surface area is 126 Å². The summed E-state index contributed by atoms with van der Waals surface area (Å²) in [7, 11) is 0. The average Bonchev–Trinajstić information content (AvgIpc) is 2.42. The molecule has 23 heavy (non-hydrogen) atoms. The lowest BCUT2D eigenvalue weighted by Gasteiger charge is -1.96. The van der Waals surface area contributed by atoms with Crippen molar-refractivity contribution >= 4 is 11.4 Å². The van der Waals surface area contributed by atoms with Gasteiger partial charge in [0.25, 0.3) is 0 Å². The topological polar surface area (TPSA) is 86.3 Å². The van der Waals surface area contributed by atoms with Gasteiger partial charge in [0.05, 0.1) is 9.85 Å². The van der Waals surface area contributed by atoms with E-state index in [2.05, 4.69) is 0 Å². The first-order valence-corrected chi connectivity index (χ1v) is 5.83. The Bertz CT molecular complexity index is 768. The number of aryl methyl sites for hydroxylation is 1. The van der Waals surface area contributed by atoms with Crippen molar-refractivity contribution in [3.63, 3.8) is 0 Å². The van der Waals surface area contributed by atoms with Gasteiger partial charge in [-0.25, -0.2) is 8.78 Å². The van der Waals surface area contributed by atoms with Gasteiger partial charge in [0, 0.05) is 24.3 Å². The molecule has 0 saturated carbocycles. The van der Waals surface area contributed by atoms with E-state index in [4.69, 9.17) is 0 Å². The van der Waals surface area contributed by atoms with Crippen LogP contribution in [0.15, 0.2) is 30.3 Å². The smallest absolute Gasteiger partial charge is 0.258 e. The molecule has 0 fully saturated rings. The average molecular weight is 332 g/mol. The van der Waals surface area contributed by atoms with Crippen molar-refractivity contribution < 1.29 is 27.4 Å². The van der Waals surface area contributed by atoms with E-state index in [1.54, 1.807) is 0 Å². The molecular formula is C13H8F4N2O4. The minimum atomic E-state index is -1.16. The molecule has 0 unspecified atom stereocenters. The third-order valence-electron chi connectivity index (χ3n) is 2.53. The molecule has 0 saturated heterocycles. The van der Waals surface area contributed by atoms with Crippen LogP contribution in [0.1, 0.15) is 5.56 Å². The number of nitro benzene ring substituents is 2. The fraction of sp³-hybridized carbons (Fsp3) is 0.0769. The van der Waals surface area contributed by atoms with E-state index in [1.165, 1.54) is 6.92 Å². The molecule has 122 valence electrons. The molecule has 2 aromatic carbocycles. The number of rotatable bonds is 2. The van der Waals surface area contributed by atoms with Crippen LogP contribution < -0.4 is 0 Å². The summed E-state index contributed by atoms with van der Waals surface area (Å²) >= 11 is 0. The van der Waals surface area contributed by atoms with Gasteiger partial charge >= 0.3 is 11.4 Å². The molecule has 0 bridgehead atoms. The Balaban J connectivity index is 0.000000231. The van der Waals surface area contributed by atoms with Crippen LogP contribution in [0.25, 0.3) is 0 Å². The van der Waals surface area contributed by atoms with Gasteiger partial charge in [-0.3, -0.25) is 20.2 Å². The van der Waals surface area contributed by atoms with Gasteiger partial charge in [0.1, 0.15) is 11.6 Å².